The van der Waals surface area contributed by atoms with Crippen LogP contribution in [-0.4, -0.2) is 113 Å². The minimum absolute atomic E-state index is 0.00594. The highest BCUT2D eigenvalue weighted by Crippen LogP contribution is 2.31. The third-order valence-electron chi connectivity index (χ3n) is 11.1. The second-order valence-electron chi connectivity index (χ2n) is 16.7. The Morgan fingerprint density at radius 2 is 1.66 bits per heavy atom. The zero-order valence-corrected chi connectivity index (χ0v) is 32.9. The number of carbonyl (C=O) groups excluding carboxylic acids is 5. The van der Waals surface area contributed by atoms with Gasteiger partial charge in [-0.3, -0.25) is 24.0 Å². The number of aromatic nitrogens is 1. The predicted octanol–water partition coefficient (Wildman–Crippen LogP) is 3.38. The second-order valence-corrected chi connectivity index (χ2v) is 17.1. The topological polar surface area (TPSA) is 162 Å². The maximum atomic E-state index is 14.8. The fourth-order valence-corrected chi connectivity index (χ4v) is 7.93. The fraction of sp³-hybridized carbons (Fsp3) is 0.744. The van der Waals surface area contributed by atoms with E-state index in [2.05, 4.69) is 38.2 Å². The molecule has 0 spiro atoms. The molecule has 2 aliphatic heterocycles. The van der Waals surface area contributed by atoms with E-state index in [-0.39, 0.29) is 43.3 Å². The van der Waals surface area contributed by atoms with Crippen LogP contribution in [0.5, 0.6) is 5.88 Å². The number of amides is 4. The average Bonchev–Trinajstić information content (AvgIpc) is 3.85. The number of piperidine rings is 1. The smallest absolute Gasteiger partial charge is 0.289 e. The van der Waals surface area contributed by atoms with Crippen LogP contribution >= 0.6 is 11.6 Å². The highest BCUT2D eigenvalue weighted by atomic mass is 35.5. The number of nitrogens with zero attached hydrogens (tertiary/aromatic N) is 3. The predicted molar refractivity (Wildman–Crippen MR) is 202 cm³/mol. The van der Waals surface area contributed by atoms with Crippen LogP contribution < -0.4 is 26.0 Å². The van der Waals surface area contributed by atoms with Crippen molar-refractivity contribution in [1.29, 1.82) is 0 Å². The Balaban J connectivity index is 1.37. The van der Waals surface area contributed by atoms with Crippen LogP contribution in [0.2, 0.25) is 5.02 Å². The average molecular weight is 758 g/mol. The normalized spacial score (nSPS) is 23.5. The lowest BCUT2D eigenvalue weighted by atomic mass is 9.81. The van der Waals surface area contributed by atoms with Crippen LogP contribution in [0, 0.1) is 11.3 Å². The minimum atomic E-state index is -1.04. The van der Waals surface area contributed by atoms with E-state index >= 15 is 0 Å². The molecule has 1 aromatic heterocycles. The Bertz CT molecular complexity index is 1440. The molecule has 4 amide bonds. The van der Waals surface area contributed by atoms with Gasteiger partial charge in [0.05, 0.1) is 23.7 Å². The Morgan fingerprint density at radius 3 is 2.26 bits per heavy atom. The van der Waals surface area contributed by atoms with E-state index in [1.165, 1.54) is 11.1 Å². The number of hydrogen-bond acceptors (Lipinski definition) is 9. The van der Waals surface area contributed by atoms with Crippen molar-refractivity contribution in [2.45, 2.75) is 147 Å². The summed E-state index contributed by atoms with van der Waals surface area (Å²) in [5.74, 6) is -2.11. The number of carbonyl (C=O) groups is 5. The molecule has 3 heterocycles. The van der Waals surface area contributed by atoms with Crippen LogP contribution in [-0.2, 0) is 24.0 Å². The molecule has 4 fully saturated rings. The first-order chi connectivity index (χ1) is 25.2. The SMILES string of the molecule is CCC[C@H](NC(=O)[C@@H]1C[C@@H](Oc2ccc(Cl)cn2)CN1C(=O)[C@@H](NC(=O)[C@@H](NC1CCN(C)CC1)C1CCCCC1)C(C)(C)C)C(=O)C(=O)NC1CC1. The van der Waals surface area contributed by atoms with Crippen molar-refractivity contribution < 1.29 is 28.7 Å². The molecule has 14 heteroatoms. The summed E-state index contributed by atoms with van der Waals surface area (Å²) in [6.07, 6.45) is 10.6. The molecule has 2 saturated carbocycles. The summed E-state index contributed by atoms with van der Waals surface area (Å²) in [7, 11) is 2.11. The van der Waals surface area contributed by atoms with E-state index in [0.717, 1.165) is 70.9 Å². The van der Waals surface area contributed by atoms with Crippen molar-refractivity contribution in [1.82, 2.24) is 36.1 Å². The van der Waals surface area contributed by atoms with E-state index < -0.39 is 59.2 Å². The van der Waals surface area contributed by atoms with Crippen LogP contribution in [0.4, 0.5) is 0 Å². The van der Waals surface area contributed by atoms with Crippen molar-refractivity contribution in [3.63, 3.8) is 0 Å². The first-order valence-corrected chi connectivity index (χ1v) is 20.1. The lowest BCUT2D eigenvalue weighted by Gasteiger charge is -2.39. The Kier molecular flexibility index (Phi) is 14.2. The van der Waals surface area contributed by atoms with Crippen molar-refractivity contribution in [2.24, 2.45) is 11.3 Å². The summed E-state index contributed by atoms with van der Waals surface area (Å²) in [4.78, 5) is 77.2. The van der Waals surface area contributed by atoms with Crippen LogP contribution in [0.1, 0.15) is 105 Å². The molecule has 4 aliphatic rings. The van der Waals surface area contributed by atoms with Gasteiger partial charge in [-0.1, -0.05) is 65.0 Å². The first kappa shape index (κ1) is 40.9. The minimum Gasteiger partial charge on any atom is -0.472 e. The van der Waals surface area contributed by atoms with E-state index in [1.54, 1.807) is 12.1 Å². The van der Waals surface area contributed by atoms with Gasteiger partial charge < -0.3 is 35.8 Å². The maximum Gasteiger partial charge on any atom is 0.289 e. The molecule has 0 radical (unpaired) electrons. The highest BCUT2D eigenvalue weighted by molar-refractivity contribution is 6.38. The van der Waals surface area contributed by atoms with Gasteiger partial charge in [-0.15, -0.1) is 0 Å². The molecule has 1 aromatic rings. The number of ether oxygens (including phenoxy) is 1. The Hall–Kier alpha value is -3.29. The van der Waals surface area contributed by atoms with Gasteiger partial charge in [0.25, 0.3) is 5.91 Å². The fourth-order valence-electron chi connectivity index (χ4n) is 7.81. The molecule has 13 nitrogen and oxygen atoms in total. The Labute approximate surface area is 319 Å². The molecule has 5 rings (SSSR count). The second kappa shape index (κ2) is 18.4. The van der Waals surface area contributed by atoms with E-state index in [1.807, 2.05) is 27.7 Å². The summed E-state index contributed by atoms with van der Waals surface area (Å²) in [5, 5.41) is 12.9. The van der Waals surface area contributed by atoms with Crippen molar-refractivity contribution >= 4 is 41.0 Å². The van der Waals surface area contributed by atoms with Gasteiger partial charge in [-0.2, -0.15) is 0 Å². The molecule has 294 valence electrons. The van der Waals surface area contributed by atoms with Gasteiger partial charge >= 0.3 is 0 Å². The summed E-state index contributed by atoms with van der Waals surface area (Å²) in [6, 6.07) is 0.0177. The number of Topliss-reactive ketones (excluding diaryl/α,β-unsaturated/α-hetero) is 1. The summed E-state index contributed by atoms with van der Waals surface area (Å²) in [5.41, 5.74) is -0.712. The lowest BCUT2D eigenvalue weighted by Crippen LogP contribution is -2.62. The first-order valence-electron chi connectivity index (χ1n) is 19.7. The molecule has 2 saturated heterocycles. The summed E-state index contributed by atoms with van der Waals surface area (Å²) < 4.78 is 6.16. The van der Waals surface area contributed by atoms with Crippen LogP contribution in [0.15, 0.2) is 18.3 Å². The van der Waals surface area contributed by atoms with Gasteiger partial charge in [0.15, 0.2) is 0 Å². The van der Waals surface area contributed by atoms with Crippen LogP contribution in [0.3, 0.4) is 0 Å². The molecular weight excluding hydrogens is 698 g/mol. The number of rotatable bonds is 15. The largest absolute Gasteiger partial charge is 0.472 e. The molecule has 53 heavy (non-hydrogen) atoms. The number of nitrogens with one attached hydrogen (secondary N) is 4. The number of ketones is 1. The quantitative estimate of drug-likeness (QED) is 0.197. The Morgan fingerprint density at radius 1 is 0.962 bits per heavy atom. The van der Waals surface area contributed by atoms with Gasteiger partial charge in [0, 0.05) is 30.8 Å². The van der Waals surface area contributed by atoms with Crippen molar-refractivity contribution in [3.8, 4) is 5.88 Å². The van der Waals surface area contributed by atoms with Gasteiger partial charge in [0.2, 0.25) is 29.4 Å². The van der Waals surface area contributed by atoms with Gasteiger partial charge in [-0.25, -0.2) is 4.98 Å². The zero-order valence-electron chi connectivity index (χ0n) is 32.1. The van der Waals surface area contributed by atoms with Crippen molar-refractivity contribution in [2.75, 3.05) is 26.7 Å². The molecular formula is C39H60ClN7O6. The number of hydrogen-bond donors (Lipinski definition) is 4. The monoisotopic (exact) mass is 757 g/mol. The maximum absolute atomic E-state index is 14.8. The standard InChI is InChI=1S/C39H60ClN7O6/c1-6-10-29(33(48)37(51)43-26-14-15-26)44-35(49)30-21-28(53-31-16-13-25(40)22-41-31)23-47(30)38(52)34(39(2,3)4)45-36(50)32(24-11-8-7-9-12-24)42-27-17-19-46(5)20-18-27/h13,16,22,24,26-30,32,34,42H,6-12,14-15,17-21,23H2,1-5H3,(H,43,51)(H,44,49)(H,45,50)/t28-,29+,30+,32+,34-/m1/s1. The zero-order chi connectivity index (χ0) is 38.3. The third kappa shape index (κ3) is 11.4. The number of pyridine rings is 1. The lowest BCUT2D eigenvalue weighted by molar-refractivity contribution is -0.145. The summed E-state index contributed by atoms with van der Waals surface area (Å²) in [6.45, 7) is 9.56. The van der Waals surface area contributed by atoms with Gasteiger partial charge in [0.1, 0.15) is 18.2 Å². The molecule has 2 aliphatic carbocycles. The van der Waals surface area contributed by atoms with E-state index in [4.69, 9.17) is 16.3 Å². The van der Waals surface area contributed by atoms with E-state index in [9.17, 15) is 24.0 Å². The van der Waals surface area contributed by atoms with E-state index in [0.29, 0.717) is 17.3 Å². The number of halogens is 1. The molecule has 4 N–H and O–H groups in total. The van der Waals surface area contributed by atoms with Crippen LogP contribution in [0.25, 0.3) is 0 Å². The molecule has 5 atom stereocenters. The number of likely N-dealkylation sites (tertiary alicyclic amines) is 2. The summed E-state index contributed by atoms with van der Waals surface area (Å²) >= 11 is 6.04. The van der Waals surface area contributed by atoms with Gasteiger partial charge in [-0.05, 0) is 82.5 Å². The van der Waals surface area contributed by atoms with Crippen molar-refractivity contribution in [3.05, 3.63) is 23.4 Å². The molecule has 0 bridgehead atoms. The third-order valence-corrected chi connectivity index (χ3v) is 11.3. The molecule has 0 unspecified atom stereocenters. The highest BCUT2D eigenvalue weighted by Gasteiger charge is 2.47. The molecule has 0 aromatic carbocycles.